The first-order valence-electron chi connectivity index (χ1n) is 10.3. The summed E-state index contributed by atoms with van der Waals surface area (Å²) in [6.07, 6.45) is 5.13. The quantitative estimate of drug-likeness (QED) is 0.627. The van der Waals surface area contributed by atoms with Crippen molar-refractivity contribution in [2.45, 2.75) is 33.6 Å². The number of ether oxygens (including phenoxy) is 2. The maximum atomic E-state index is 13.4. The highest BCUT2D eigenvalue weighted by atomic mass is 16.5. The predicted octanol–water partition coefficient (Wildman–Crippen LogP) is 5.61. The lowest BCUT2D eigenvalue weighted by Crippen LogP contribution is -2.29. The molecule has 2 N–H and O–H groups in total. The summed E-state index contributed by atoms with van der Waals surface area (Å²) in [7, 11) is 3.00. The first-order valence-corrected chi connectivity index (χ1v) is 10.3. The summed E-state index contributed by atoms with van der Waals surface area (Å²) in [5.41, 5.74) is 3.10. The maximum absolute atomic E-state index is 13.4. The van der Waals surface area contributed by atoms with Crippen molar-refractivity contribution in [1.82, 2.24) is 0 Å². The second-order valence-electron chi connectivity index (χ2n) is 9.00. The van der Waals surface area contributed by atoms with Gasteiger partial charge in [0, 0.05) is 11.1 Å². The normalized spacial score (nSPS) is 19.6. The van der Waals surface area contributed by atoms with Crippen LogP contribution >= 0.6 is 0 Å². The zero-order chi connectivity index (χ0) is 22.8. The molecule has 0 radical (unpaired) electrons. The second kappa shape index (κ2) is 8.88. The van der Waals surface area contributed by atoms with Crippen LogP contribution in [0.5, 0.6) is 23.0 Å². The lowest BCUT2D eigenvalue weighted by atomic mass is 9.68. The summed E-state index contributed by atoms with van der Waals surface area (Å²) >= 11 is 0. The summed E-state index contributed by atoms with van der Waals surface area (Å²) in [5, 5.41) is 19.7. The molecule has 5 nitrogen and oxygen atoms in total. The van der Waals surface area contributed by atoms with E-state index in [9.17, 15) is 15.0 Å². The second-order valence-corrected chi connectivity index (χ2v) is 9.00. The van der Waals surface area contributed by atoms with Gasteiger partial charge in [0.1, 0.15) is 0 Å². The zero-order valence-corrected chi connectivity index (χ0v) is 18.7. The number of methoxy groups -OCH3 is 2. The zero-order valence-electron chi connectivity index (χ0n) is 18.7. The summed E-state index contributed by atoms with van der Waals surface area (Å²) in [6, 6.07) is 10.1. The molecule has 1 aliphatic rings. The molecular weight excluding hydrogens is 392 g/mol. The highest BCUT2D eigenvalue weighted by Crippen LogP contribution is 2.42. The van der Waals surface area contributed by atoms with E-state index in [0.29, 0.717) is 30.3 Å². The lowest BCUT2D eigenvalue weighted by Gasteiger charge is -2.35. The van der Waals surface area contributed by atoms with Crippen molar-refractivity contribution in [1.29, 1.82) is 0 Å². The van der Waals surface area contributed by atoms with Crippen molar-refractivity contribution >= 4 is 17.9 Å². The van der Waals surface area contributed by atoms with E-state index in [0.717, 1.165) is 22.3 Å². The minimum Gasteiger partial charge on any atom is -0.504 e. The van der Waals surface area contributed by atoms with E-state index in [1.807, 2.05) is 12.2 Å². The van der Waals surface area contributed by atoms with Crippen molar-refractivity contribution in [3.8, 4) is 23.0 Å². The fourth-order valence-electron chi connectivity index (χ4n) is 3.83. The van der Waals surface area contributed by atoms with E-state index in [1.165, 1.54) is 14.2 Å². The van der Waals surface area contributed by atoms with Crippen LogP contribution in [0.25, 0.3) is 12.2 Å². The molecule has 0 spiro atoms. The van der Waals surface area contributed by atoms with E-state index in [1.54, 1.807) is 36.4 Å². The molecule has 31 heavy (non-hydrogen) atoms. The number of benzene rings is 2. The molecular formula is C26H30O5. The molecule has 2 aromatic rings. The molecule has 3 rings (SSSR count). The molecule has 0 aromatic heterocycles. The molecule has 1 aliphatic carbocycles. The van der Waals surface area contributed by atoms with Crippen LogP contribution in [0.3, 0.4) is 0 Å². The van der Waals surface area contributed by atoms with Crippen molar-refractivity contribution in [3.63, 3.8) is 0 Å². The highest BCUT2D eigenvalue weighted by molar-refractivity contribution is 6.14. The first-order chi connectivity index (χ1) is 14.6. The number of carbonyl (C=O) groups is 1. The predicted molar refractivity (Wildman–Crippen MR) is 122 cm³/mol. The number of hydrogen-bond donors (Lipinski definition) is 2. The Hall–Kier alpha value is -3.21. The van der Waals surface area contributed by atoms with Crippen LogP contribution in [0.4, 0.5) is 0 Å². The first kappa shape index (κ1) is 22.5. The molecule has 2 aromatic carbocycles. The molecule has 0 bridgehead atoms. The van der Waals surface area contributed by atoms with Crippen molar-refractivity contribution < 1.29 is 24.5 Å². The Morgan fingerprint density at radius 2 is 1.26 bits per heavy atom. The third kappa shape index (κ3) is 5.10. The summed E-state index contributed by atoms with van der Waals surface area (Å²) in [6.45, 7) is 6.57. The van der Waals surface area contributed by atoms with Crippen LogP contribution in [0.1, 0.15) is 44.7 Å². The molecule has 0 saturated heterocycles. The van der Waals surface area contributed by atoms with Crippen molar-refractivity contribution in [2.24, 2.45) is 11.3 Å². The molecule has 164 valence electrons. The smallest absolute Gasteiger partial charge is 0.185 e. The molecule has 0 unspecified atom stereocenters. The Labute approximate surface area is 183 Å². The van der Waals surface area contributed by atoms with Gasteiger partial charge in [0.2, 0.25) is 0 Å². The van der Waals surface area contributed by atoms with E-state index in [-0.39, 0.29) is 22.7 Å². The number of Topliss-reactive ketones (excluding diaryl/α,β-unsaturated/α-hetero) is 1. The largest absolute Gasteiger partial charge is 0.504 e. The third-order valence-corrected chi connectivity index (χ3v) is 5.83. The van der Waals surface area contributed by atoms with E-state index in [2.05, 4.69) is 20.8 Å². The van der Waals surface area contributed by atoms with E-state index in [4.69, 9.17) is 9.47 Å². The van der Waals surface area contributed by atoms with Gasteiger partial charge < -0.3 is 19.7 Å². The van der Waals surface area contributed by atoms with Gasteiger partial charge in [0.25, 0.3) is 0 Å². The monoisotopic (exact) mass is 422 g/mol. The standard InChI is InChI=1S/C26H30O5/c1-26(2,3)20-14-18(10-16-6-8-21(27)23(12-16)30-4)25(29)19(15-20)11-17-7-9-22(28)24(13-17)31-5/h6-13,20,27-28H,14-15H2,1-5H3/b18-10+,19-11+. The van der Waals surface area contributed by atoms with Gasteiger partial charge >= 0.3 is 0 Å². The number of carbonyl (C=O) groups excluding carboxylic acids is 1. The topological polar surface area (TPSA) is 76.0 Å². The van der Waals surface area contributed by atoms with Crippen LogP contribution in [-0.4, -0.2) is 30.2 Å². The number of rotatable bonds is 4. The van der Waals surface area contributed by atoms with Gasteiger partial charge in [-0.05, 0) is 71.7 Å². The van der Waals surface area contributed by atoms with Crippen LogP contribution in [0.15, 0.2) is 47.5 Å². The molecule has 0 aliphatic heterocycles. The fraction of sp³-hybridized carbons (Fsp3) is 0.346. The Bertz CT molecular complexity index is 965. The van der Waals surface area contributed by atoms with Crippen LogP contribution in [0.2, 0.25) is 0 Å². The van der Waals surface area contributed by atoms with Gasteiger partial charge in [-0.25, -0.2) is 0 Å². The van der Waals surface area contributed by atoms with Gasteiger partial charge in [-0.2, -0.15) is 0 Å². The molecule has 1 saturated carbocycles. The number of phenolic OH excluding ortho intramolecular Hbond substituents is 2. The summed E-state index contributed by atoms with van der Waals surface area (Å²) < 4.78 is 10.4. The Morgan fingerprint density at radius 1 is 0.839 bits per heavy atom. The number of phenols is 2. The van der Waals surface area contributed by atoms with Gasteiger partial charge in [-0.1, -0.05) is 32.9 Å². The van der Waals surface area contributed by atoms with E-state index >= 15 is 0 Å². The van der Waals surface area contributed by atoms with Gasteiger partial charge in [0.15, 0.2) is 28.8 Å². The third-order valence-electron chi connectivity index (χ3n) is 5.83. The molecule has 0 amide bonds. The number of ketones is 1. The fourth-order valence-corrected chi connectivity index (χ4v) is 3.83. The molecule has 5 heteroatoms. The SMILES string of the molecule is COc1cc(/C=C2\CC(C(C)(C)C)C/C(=C\c3ccc(O)c(OC)c3)C2=O)ccc1O. The average Bonchev–Trinajstić information content (AvgIpc) is 2.72. The Balaban J connectivity index is 2.03. The average molecular weight is 423 g/mol. The lowest BCUT2D eigenvalue weighted by molar-refractivity contribution is -0.113. The van der Waals surface area contributed by atoms with Crippen LogP contribution in [-0.2, 0) is 4.79 Å². The molecule has 0 atom stereocenters. The number of hydrogen-bond acceptors (Lipinski definition) is 5. The van der Waals surface area contributed by atoms with Crippen LogP contribution < -0.4 is 9.47 Å². The summed E-state index contributed by atoms with van der Waals surface area (Å²) in [4.78, 5) is 13.4. The maximum Gasteiger partial charge on any atom is 0.185 e. The van der Waals surface area contributed by atoms with E-state index < -0.39 is 0 Å². The van der Waals surface area contributed by atoms with Crippen molar-refractivity contribution in [2.75, 3.05) is 14.2 Å². The number of aromatic hydroxyl groups is 2. The molecule has 0 heterocycles. The highest BCUT2D eigenvalue weighted by Gasteiger charge is 2.34. The minimum atomic E-state index is 0.0135. The van der Waals surface area contributed by atoms with Gasteiger partial charge in [-0.15, -0.1) is 0 Å². The van der Waals surface area contributed by atoms with Crippen LogP contribution in [0, 0.1) is 11.3 Å². The molecule has 1 fully saturated rings. The van der Waals surface area contributed by atoms with Gasteiger partial charge in [0.05, 0.1) is 14.2 Å². The minimum absolute atomic E-state index is 0.0135. The summed E-state index contributed by atoms with van der Waals surface area (Å²) in [5.74, 6) is 1.18. The van der Waals surface area contributed by atoms with Crippen molar-refractivity contribution in [3.05, 3.63) is 58.7 Å². The Morgan fingerprint density at radius 3 is 1.61 bits per heavy atom. The Kier molecular flexibility index (Phi) is 6.44. The number of allylic oxidation sites excluding steroid dienone is 2. The van der Waals surface area contributed by atoms with Gasteiger partial charge in [-0.3, -0.25) is 4.79 Å².